The summed E-state index contributed by atoms with van der Waals surface area (Å²) in [6.45, 7) is 0.751. The fourth-order valence-electron chi connectivity index (χ4n) is 1.62. The monoisotopic (exact) mass is 273 g/mol. The molecule has 0 atom stereocenters. The van der Waals surface area contributed by atoms with Gasteiger partial charge in [-0.1, -0.05) is 36.4 Å². The van der Waals surface area contributed by atoms with Gasteiger partial charge in [0.25, 0.3) is 0 Å². The Labute approximate surface area is 118 Å². The van der Waals surface area contributed by atoms with Gasteiger partial charge >= 0.3 is 0 Å². The molecule has 0 aromatic heterocycles. The van der Waals surface area contributed by atoms with Crippen LogP contribution in [0.2, 0.25) is 0 Å². The predicted octanol–water partition coefficient (Wildman–Crippen LogP) is 4.69. The lowest BCUT2D eigenvalue weighted by Gasteiger charge is -2.08. The zero-order chi connectivity index (χ0) is 13.3. The van der Waals surface area contributed by atoms with Crippen LogP contribution in [-0.2, 0) is 0 Å². The highest BCUT2D eigenvalue weighted by atomic mass is 35.5. The van der Waals surface area contributed by atoms with Crippen LogP contribution >= 0.6 is 11.6 Å². The van der Waals surface area contributed by atoms with Crippen LogP contribution in [0, 0.1) is 0 Å². The average molecular weight is 274 g/mol. The summed E-state index contributed by atoms with van der Waals surface area (Å²) in [5.74, 6) is 2.19. The van der Waals surface area contributed by atoms with Gasteiger partial charge in [-0.25, -0.2) is 0 Å². The maximum atomic E-state index is 5.77. The van der Waals surface area contributed by atoms with Crippen molar-refractivity contribution >= 4 is 17.3 Å². The molecule has 2 rings (SSSR count). The first kappa shape index (κ1) is 13.5. The summed E-state index contributed by atoms with van der Waals surface area (Å²) in [6, 6.07) is 17.6. The molecular weight excluding hydrogens is 258 g/mol. The van der Waals surface area contributed by atoms with E-state index in [0.717, 1.165) is 23.7 Å². The lowest BCUT2D eigenvalue weighted by atomic mass is 10.3. The lowest BCUT2D eigenvalue weighted by Crippen LogP contribution is -1.98. The van der Waals surface area contributed by atoms with E-state index < -0.39 is 0 Å². The van der Waals surface area contributed by atoms with Gasteiger partial charge in [0, 0.05) is 24.2 Å². The maximum Gasteiger partial charge on any atom is 0.129 e. The highest BCUT2D eigenvalue weighted by Gasteiger charge is 1.97. The van der Waals surface area contributed by atoms with Crippen LogP contribution < -0.4 is 10.1 Å². The minimum Gasteiger partial charge on any atom is -0.457 e. The third kappa shape index (κ3) is 4.68. The van der Waals surface area contributed by atoms with Crippen LogP contribution in [-0.4, -0.2) is 12.4 Å². The minimum atomic E-state index is 0.541. The van der Waals surface area contributed by atoms with Crippen LogP contribution in [0.4, 0.5) is 5.69 Å². The molecule has 0 saturated carbocycles. The van der Waals surface area contributed by atoms with Gasteiger partial charge in [0.05, 0.1) is 0 Å². The minimum absolute atomic E-state index is 0.541. The molecule has 2 nitrogen and oxygen atoms in total. The quantitative estimate of drug-likeness (QED) is 0.609. The van der Waals surface area contributed by atoms with E-state index >= 15 is 0 Å². The number of hydrogen-bond donors (Lipinski definition) is 1. The molecule has 98 valence electrons. The number of allylic oxidation sites excluding steroid dienone is 1. The van der Waals surface area contributed by atoms with Gasteiger partial charge in [-0.05, 0) is 24.3 Å². The summed E-state index contributed by atoms with van der Waals surface area (Å²) in [4.78, 5) is 0. The molecule has 0 radical (unpaired) electrons. The third-order valence-corrected chi connectivity index (χ3v) is 2.67. The first-order valence-corrected chi connectivity index (χ1v) is 6.70. The van der Waals surface area contributed by atoms with E-state index in [1.807, 2.05) is 66.7 Å². The molecule has 2 aromatic carbocycles. The molecule has 0 aliphatic rings. The van der Waals surface area contributed by atoms with Crippen LogP contribution in [0.15, 0.2) is 66.7 Å². The number of halogens is 1. The van der Waals surface area contributed by atoms with Gasteiger partial charge in [0.15, 0.2) is 0 Å². The second kappa shape index (κ2) is 7.49. The number of anilines is 1. The molecular formula is C16H16ClNO. The number of hydrogen-bond acceptors (Lipinski definition) is 2. The van der Waals surface area contributed by atoms with Crippen molar-refractivity contribution in [1.29, 1.82) is 0 Å². The van der Waals surface area contributed by atoms with Crippen molar-refractivity contribution in [1.82, 2.24) is 0 Å². The summed E-state index contributed by atoms with van der Waals surface area (Å²) >= 11 is 5.56. The van der Waals surface area contributed by atoms with Crippen molar-refractivity contribution < 1.29 is 4.74 Å². The number of nitrogens with one attached hydrogen (secondary N) is 1. The number of ether oxygens (including phenoxy) is 1. The number of alkyl halides is 1. The average Bonchev–Trinajstić information content (AvgIpc) is 2.45. The normalized spacial score (nSPS) is 10.6. The van der Waals surface area contributed by atoms with Gasteiger partial charge in [-0.15, -0.1) is 11.6 Å². The Hall–Kier alpha value is -1.93. The number of benzene rings is 2. The molecule has 3 heteroatoms. The molecule has 0 saturated heterocycles. The first-order valence-electron chi connectivity index (χ1n) is 6.16. The Morgan fingerprint density at radius 1 is 0.947 bits per heavy atom. The van der Waals surface area contributed by atoms with Gasteiger partial charge in [-0.3, -0.25) is 0 Å². The lowest BCUT2D eigenvalue weighted by molar-refractivity contribution is 0.483. The van der Waals surface area contributed by atoms with E-state index in [2.05, 4.69) is 5.32 Å². The van der Waals surface area contributed by atoms with Crippen molar-refractivity contribution in [3.63, 3.8) is 0 Å². The molecule has 0 heterocycles. The Morgan fingerprint density at radius 2 is 1.74 bits per heavy atom. The van der Waals surface area contributed by atoms with E-state index in [0.29, 0.717) is 5.88 Å². The topological polar surface area (TPSA) is 21.3 Å². The van der Waals surface area contributed by atoms with Crippen molar-refractivity contribution in [2.75, 3.05) is 17.7 Å². The SMILES string of the molecule is ClC/C=C/CNc1cccc(Oc2ccccc2)c1. The fraction of sp³-hybridized carbons (Fsp3) is 0.125. The molecule has 1 N–H and O–H groups in total. The van der Waals surface area contributed by atoms with E-state index in [1.54, 1.807) is 0 Å². The highest BCUT2D eigenvalue weighted by Crippen LogP contribution is 2.23. The smallest absolute Gasteiger partial charge is 0.129 e. The Morgan fingerprint density at radius 3 is 2.53 bits per heavy atom. The molecule has 0 aliphatic carbocycles. The van der Waals surface area contributed by atoms with Gasteiger partial charge in [0.2, 0.25) is 0 Å². The fourth-order valence-corrected chi connectivity index (χ4v) is 1.74. The van der Waals surface area contributed by atoms with E-state index in [-0.39, 0.29) is 0 Å². The molecule has 0 aliphatic heterocycles. The van der Waals surface area contributed by atoms with Crippen molar-refractivity contribution in [2.45, 2.75) is 0 Å². The van der Waals surface area contributed by atoms with Crippen LogP contribution in [0.1, 0.15) is 0 Å². The van der Waals surface area contributed by atoms with E-state index in [4.69, 9.17) is 16.3 Å². The summed E-state index contributed by atoms with van der Waals surface area (Å²) in [5, 5.41) is 3.28. The standard InChI is InChI=1S/C16H16ClNO/c17-11-4-5-12-18-14-7-6-10-16(13-14)19-15-8-2-1-3-9-15/h1-10,13,18H,11-12H2/b5-4+. The maximum absolute atomic E-state index is 5.77. The van der Waals surface area contributed by atoms with Crippen LogP contribution in [0.3, 0.4) is 0 Å². The molecule has 0 spiro atoms. The van der Waals surface area contributed by atoms with Gasteiger partial charge in [-0.2, -0.15) is 0 Å². The molecule has 0 unspecified atom stereocenters. The van der Waals surface area contributed by atoms with Gasteiger partial charge in [0.1, 0.15) is 11.5 Å². The molecule has 0 amide bonds. The second-order valence-electron chi connectivity index (χ2n) is 3.95. The van der Waals surface area contributed by atoms with Crippen molar-refractivity contribution in [3.05, 3.63) is 66.7 Å². The van der Waals surface area contributed by atoms with Crippen molar-refractivity contribution in [3.8, 4) is 11.5 Å². The zero-order valence-corrected chi connectivity index (χ0v) is 11.3. The molecule has 0 fully saturated rings. The van der Waals surface area contributed by atoms with Gasteiger partial charge < -0.3 is 10.1 Å². The second-order valence-corrected chi connectivity index (χ2v) is 4.26. The Kier molecular flexibility index (Phi) is 5.32. The van der Waals surface area contributed by atoms with E-state index in [1.165, 1.54) is 0 Å². The predicted molar refractivity (Wildman–Crippen MR) is 81.3 cm³/mol. The van der Waals surface area contributed by atoms with Crippen LogP contribution in [0.25, 0.3) is 0 Å². The molecule has 2 aromatic rings. The molecule has 19 heavy (non-hydrogen) atoms. The number of rotatable bonds is 6. The van der Waals surface area contributed by atoms with E-state index in [9.17, 15) is 0 Å². The Balaban J connectivity index is 1.97. The largest absolute Gasteiger partial charge is 0.457 e. The number of para-hydroxylation sites is 1. The third-order valence-electron chi connectivity index (χ3n) is 2.49. The molecule has 0 bridgehead atoms. The summed E-state index contributed by atoms with van der Waals surface area (Å²) in [7, 11) is 0. The van der Waals surface area contributed by atoms with Crippen molar-refractivity contribution in [2.24, 2.45) is 0 Å². The Bertz CT molecular complexity index is 525. The summed E-state index contributed by atoms with van der Waals surface area (Å²) < 4.78 is 5.77. The van der Waals surface area contributed by atoms with Crippen LogP contribution in [0.5, 0.6) is 11.5 Å². The first-order chi connectivity index (χ1) is 9.38. The zero-order valence-electron chi connectivity index (χ0n) is 10.6. The summed E-state index contributed by atoms with van der Waals surface area (Å²) in [5.41, 5.74) is 1.02. The summed E-state index contributed by atoms with van der Waals surface area (Å²) in [6.07, 6.45) is 3.91. The highest BCUT2D eigenvalue weighted by molar-refractivity contribution is 6.18.